The van der Waals surface area contributed by atoms with Crippen LogP contribution in [0.15, 0.2) is 46.4 Å². The Balaban J connectivity index is 1.95. The number of hydrogen-bond acceptors (Lipinski definition) is 6. The molecule has 10 heteroatoms. The van der Waals surface area contributed by atoms with Crippen molar-refractivity contribution in [2.75, 3.05) is 6.54 Å². The molecule has 2 aromatic carbocycles. The van der Waals surface area contributed by atoms with Gasteiger partial charge in [0.1, 0.15) is 0 Å². The molecule has 0 aromatic heterocycles. The highest BCUT2D eigenvalue weighted by molar-refractivity contribution is 7.89. The lowest BCUT2D eigenvalue weighted by Crippen LogP contribution is -2.35. The highest BCUT2D eigenvalue weighted by Crippen LogP contribution is 2.21. The maximum absolute atomic E-state index is 12.5. The summed E-state index contributed by atoms with van der Waals surface area (Å²) in [5.41, 5.74) is 4.83. The zero-order valence-electron chi connectivity index (χ0n) is 15.6. The van der Waals surface area contributed by atoms with Gasteiger partial charge in [-0.05, 0) is 49.6 Å². The van der Waals surface area contributed by atoms with E-state index >= 15 is 0 Å². The minimum Gasteiger partial charge on any atom is -0.272 e. The molecule has 0 unspecified atom stereocenters. The van der Waals surface area contributed by atoms with Crippen molar-refractivity contribution >= 4 is 27.8 Å². The Morgan fingerprint density at radius 2 is 1.71 bits per heavy atom. The topological polar surface area (TPSA) is 131 Å². The number of hydrazone groups is 1. The highest BCUT2D eigenvalue weighted by Gasteiger charge is 2.20. The largest absolute Gasteiger partial charge is 0.272 e. The molecule has 0 aliphatic heterocycles. The summed E-state index contributed by atoms with van der Waals surface area (Å²) in [7, 11) is -3.85. The van der Waals surface area contributed by atoms with Gasteiger partial charge in [-0.25, -0.2) is 18.6 Å². The Morgan fingerprint density at radius 1 is 1.14 bits per heavy atom. The third kappa shape index (κ3) is 5.44. The average Bonchev–Trinajstić information content (AvgIpc) is 2.59. The molecule has 2 rings (SSSR count). The van der Waals surface area contributed by atoms with Crippen LogP contribution in [0.1, 0.15) is 22.3 Å². The summed E-state index contributed by atoms with van der Waals surface area (Å²) in [6.45, 7) is 4.79. The Hall–Kier alpha value is -3.11. The number of non-ortho nitro benzene ring substituents is 1. The first-order valence-electron chi connectivity index (χ1n) is 8.24. The Morgan fingerprint density at radius 3 is 2.25 bits per heavy atom. The van der Waals surface area contributed by atoms with Crippen molar-refractivity contribution in [3.05, 3.63) is 68.8 Å². The van der Waals surface area contributed by atoms with Crippen LogP contribution in [0.2, 0.25) is 0 Å². The molecule has 0 spiro atoms. The van der Waals surface area contributed by atoms with E-state index in [0.717, 1.165) is 5.56 Å². The van der Waals surface area contributed by atoms with Crippen LogP contribution >= 0.6 is 0 Å². The van der Waals surface area contributed by atoms with Gasteiger partial charge >= 0.3 is 0 Å². The number of aryl methyl sites for hydroxylation is 3. The molecular weight excluding hydrogens is 384 g/mol. The van der Waals surface area contributed by atoms with Gasteiger partial charge in [0.25, 0.3) is 11.6 Å². The maximum atomic E-state index is 12.5. The molecule has 0 radical (unpaired) electrons. The molecule has 0 bridgehead atoms. The fraction of sp³-hybridized carbons (Fsp3) is 0.222. The molecule has 0 saturated heterocycles. The van der Waals surface area contributed by atoms with Crippen molar-refractivity contribution in [3.8, 4) is 0 Å². The van der Waals surface area contributed by atoms with Crippen LogP contribution in [0.25, 0.3) is 0 Å². The SMILES string of the molecule is Cc1cc(C)c(S(=O)(=O)NCC(=O)N/N=C\c2ccc([N+](=O)[O-])cc2)c(C)c1. The maximum Gasteiger partial charge on any atom is 0.269 e. The lowest BCUT2D eigenvalue weighted by Gasteiger charge is -2.12. The molecule has 1 amide bonds. The van der Waals surface area contributed by atoms with Crippen LogP contribution < -0.4 is 10.1 Å². The van der Waals surface area contributed by atoms with Gasteiger partial charge in [-0.2, -0.15) is 5.10 Å². The van der Waals surface area contributed by atoms with E-state index in [9.17, 15) is 23.3 Å². The molecule has 2 N–H and O–H groups in total. The number of nitro benzene ring substituents is 1. The summed E-state index contributed by atoms with van der Waals surface area (Å²) in [5, 5.41) is 14.3. The quantitative estimate of drug-likeness (QED) is 0.414. The highest BCUT2D eigenvalue weighted by atomic mass is 32.2. The van der Waals surface area contributed by atoms with E-state index in [1.165, 1.54) is 30.5 Å². The third-order valence-electron chi connectivity index (χ3n) is 3.80. The molecule has 0 aliphatic rings. The number of nitrogens with zero attached hydrogens (tertiary/aromatic N) is 2. The summed E-state index contributed by atoms with van der Waals surface area (Å²) < 4.78 is 27.2. The molecule has 148 valence electrons. The van der Waals surface area contributed by atoms with Gasteiger partial charge < -0.3 is 0 Å². The number of benzene rings is 2. The van der Waals surface area contributed by atoms with E-state index in [2.05, 4.69) is 15.2 Å². The fourth-order valence-corrected chi connectivity index (χ4v) is 4.15. The first kappa shape index (κ1) is 21.2. The van der Waals surface area contributed by atoms with Crippen LogP contribution in [0.4, 0.5) is 5.69 Å². The zero-order valence-corrected chi connectivity index (χ0v) is 16.4. The lowest BCUT2D eigenvalue weighted by atomic mass is 10.1. The summed E-state index contributed by atoms with van der Waals surface area (Å²) in [6.07, 6.45) is 1.30. The molecular formula is C18H20N4O5S. The van der Waals surface area contributed by atoms with Gasteiger partial charge in [0.2, 0.25) is 10.0 Å². The number of carbonyl (C=O) groups is 1. The van der Waals surface area contributed by atoms with Crippen LogP contribution in [0.3, 0.4) is 0 Å². The van der Waals surface area contributed by atoms with E-state index < -0.39 is 27.4 Å². The summed E-state index contributed by atoms with van der Waals surface area (Å²) in [5.74, 6) is -0.649. The summed E-state index contributed by atoms with van der Waals surface area (Å²) in [6, 6.07) is 9.08. The van der Waals surface area contributed by atoms with E-state index in [0.29, 0.717) is 16.7 Å². The van der Waals surface area contributed by atoms with Crippen LogP contribution in [-0.4, -0.2) is 32.0 Å². The van der Waals surface area contributed by atoms with Gasteiger partial charge in [-0.1, -0.05) is 17.7 Å². The van der Waals surface area contributed by atoms with Crippen molar-refractivity contribution in [2.24, 2.45) is 5.10 Å². The van der Waals surface area contributed by atoms with Crippen molar-refractivity contribution < 1.29 is 18.1 Å². The predicted octanol–water partition coefficient (Wildman–Crippen LogP) is 1.95. The van der Waals surface area contributed by atoms with Crippen molar-refractivity contribution in [2.45, 2.75) is 25.7 Å². The number of hydrogen-bond donors (Lipinski definition) is 2. The second-order valence-corrected chi connectivity index (χ2v) is 7.90. The van der Waals surface area contributed by atoms with Crippen LogP contribution in [0.5, 0.6) is 0 Å². The molecule has 0 saturated carbocycles. The molecule has 9 nitrogen and oxygen atoms in total. The molecule has 0 atom stereocenters. The van der Waals surface area contributed by atoms with E-state index in [4.69, 9.17) is 0 Å². The molecule has 0 heterocycles. The monoisotopic (exact) mass is 404 g/mol. The molecule has 28 heavy (non-hydrogen) atoms. The normalized spacial score (nSPS) is 11.5. The number of nitro groups is 1. The van der Waals surface area contributed by atoms with Crippen molar-refractivity contribution in [1.29, 1.82) is 0 Å². The van der Waals surface area contributed by atoms with E-state index in [1.54, 1.807) is 26.0 Å². The number of sulfonamides is 1. The second kappa shape index (κ2) is 8.72. The summed E-state index contributed by atoms with van der Waals surface area (Å²) >= 11 is 0. The minimum atomic E-state index is -3.85. The Labute approximate surface area is 162 Å². The Bertz CT molecular complexity index is 1010. The van der Waals surface area contributed by atoms with E-state index in [-0.39, 0.29) is 10.6 Å². The third-order valence-corrected chi connectivity index (χ3v) is 5.51. The number of amides is 1. The van der Waals surface area contributed by atoms with Crippen molar-refractivity contribution in [3.63, 3.8) is 0 Å². The smallest absolute Gasteiger partial charge is 0.269 e. The van der Waals surface area contributed by atoms with E-state index in [1.807, 2.05) is 6.92 Å². The first-order valence-corrected chi connectivity index (χ1v) is 9.72. The van der Waals surface area contributed by atoms with Gasteiger partial charge in [0.05, 0.1) is 22.6 Å². The van der Waals surface area contributed by atoms with Gasteiger partial charge in [0, 0.05) is 12.1 Å². The Kier molecular flexibility index (Phi) is 6.60. The summed E-state index contributed by atoms with van der Waals surface area (Å²) in [4.78, 5) is 22.1. The van der Waals surface area contributed by atoms with Gasteiger partial charge in [-0.3, -0.25) is 14.9 Å². The first-order chi connectivity index (χ1) is 13.1. The zero-order chi connectivity index (χ0) is 20.9. The number of carbonyl (C=O) groups excluding carboxylic acids is 1. The standard InChI is InChI=1S/C18H20N4O5S/c1-12-8-13(2)18(14(3)9-12)28(26,27)20-11-17(23)21-19-10-15-4-6-16(7-5-15)22(24)25/h4-10,20H,11H2,1-3H3,(H,21,23)/b19-10-. The van der Waals surface area contributed by atoms with Gasteiger partial charge in [-0.15, -0.1) is 0 Å². The number of nitrogens with one attached hydrogen (secondary N) is 2. The average molecular weight is 404 g/mol. The second-order valence-electron chi connectivity index (χ2n) is 6.19. The van der Waals surface area contributed by atoms with Crippen molar-refractivity contribution in [1.82, 2.24) is 10.1 Å². The molecule has 0 fully saturated rings. The van der Waals surface area contributed by atoms with Crippen LogP contribution in [0, 0.1) is 30.9 Å². The predicted molar refractivity (Wildman–Crippen MR) is 105 cm³/mol. The molecule has 0 aliphatic carbocycles. The lowest BCUT2D eigenvalue weighted by molar-refractivity contribution is -0.384. The van der Waals surface area contributed by atoms with Crippen LogP contribution in [-0.2, 0) is 14.8 Å². The minimum absolute atomic E-state index is 0.0581. The number of rotatable bonds is 7. The van der Waals surface area contributed by atoms with Gasteiger partial charge in [0.15, 0.2) is 0 Å². The fourth-order valence-electron chi connectivity index (χ4n) is 2.72. The molecule has 2 aromatic rings.